The van der Waals surface area contributed by atoms with E-state index in [1.165, 1.54) is 6.42 Å². The Morgan fingerprint density at radius 1 is 1.33 bits per heavy atom. The lowest BCUT2D eigenvalue weighted by molar-refractivity contribution is 0.0484. The van der Waals surface area contributed by atoms with Gasteiger partial charge in [0.15, 0.2) is 0 Å². The molecule has 102 valence electrons. The molecule has 0 bridgehead atoms. The molecule has 0 aromatic heterocycles. The van der Waals surface area contributed by atoms with E-state index in [9.17, 15) is 4.79 Å². The van der Waals surface area contributed by atoms with Gasteiger partial charge in [-0.15, -0.1) is 0 Å². The van der Waals surface area contributed by atoms with Gasteiger partial charge < -0.3 is 10.1 Å². The molecule has 1 aliphatic rings. The Morgan fingerprint density at radius 2 is 1.94 bits per heavy atom. The van der Waals surface area contributed by atoms with E-state index in [0.29, 0.717) is 13.0 Å². The molecule has 0 unspecified atom stereocenters. The van der Waals surface area contributed by atoms with Crippen molar-refractivity contribution in [1.82, 2.24) is 5.32 Å². The number of hydrogen-bond acceptors (Lipinski definition) is 3. The van der Waals surface area contributed by atoms with Gasteiger partial charge in [0.25, 0.3) is 0 Å². The molecule has 1 fully saturated rings. The van der Waals surface area contributed by atoms with Crippen molar-refractivity contribution in [3.63, 3.8) is 0 Å². The third-order valence-corrected chi connectivity index (χ3v) is 3.37. The molecule has 0 spiro atoms. The second-order valence-electron chi connectivity index (χ2n) is 6.25. The molecule has 0 saturated heterocycles. The van der Waals surface area contributed by atoms with Gasteiger partial charge in [-0.3, -0.25) is 0 Å². The fraction of sp³-hybridized carbons (Fsp3) is 0.857. The number of nitriles is 1. The Balaban J connectivity index is 2.47. The van der Waals surface area contributed by atoms with Crippen LogP contribution in [0.2, 0.25) is 0 Å². The molecule has 1 amide bonds. The highest BCUT2D eigenvalue weighted by atomic mass is 16.6. The quantitative estimate of drug-likeness (QED) is 0.837. The van der Waals surface area contributed by atoms with Crippen molar-refractivity contribution < 1.29 is 9.53 Å². The van der Waals surface area contributed by atoms with Crippen molar-refractivity contribution in [3.05, 3.63) is 0 Å². The van der Waals surface area contributed by atoms with Gasteiger partial charge in [0.05, 0.1) is 6.07 Å². The van der Waals surface area contributed by atoms with E-state index in [1.54, 1.807) is 0 Å². The van der Waals surface area contributed by atoms with E-state index in [4.69, 9.17) is 10.00 Å². The molecule has 0 aromatic carbocycles. The van der Waals surface area contributed by atoms with E-state index in [1.807, 2.05) is 20.8 Å². The maximum absolute atomic E-state index is 11.6. The molecule has 1 aliphatic carbocycles. The minimum Gasteiger partial charge on any atom is -0.444 e. The largest absolute Gasteiger partial charge is 0.444 e. The summed E-state index contributed by atoms with van der Waals surface area (Å²) >= 11 is 0. The lowest BCUT2D eigenvalue weighted by atomic mass is 9.72. The zero-order valence-electron chi connectivity index (χ0n) is 11.7. The molecule has 1 saturated carbocycles. The number of amides is 1. The highest BCUT2D eigenvalue weighted by Crippen LogP contribution is 2.38. The summed E-state index contributed by atoms with van der Waals surface area (Å²) in [5.41, 5.74) is -0.511. The molecule has 0 radical (unpaired) electrons. The predicted molar refractivity (Wildman–Crippen MR) is 70.0 cm³/mol. The van der Waals surface area contributed by atoms with Crippen molar-refractivity contribution in [2.45, 2.75) is 64.9 Å². The van der Waals surface area contributed by atoms with Crippen molar-refractivity contribution in [3.8, 4) is 6.07 Å². The standard InChI is InChI=1S/C14H24N2O2/c1-13(2,3)18-12(17)16-11-14(9-10-15)7-5-4-6-8-14/h4-9,11H2,1-3H3,(H,16,17). The molecular weight excluding hydrogens is 228 g/mol. The maximum Gasteiger partial charge on any atom is 0.407 e. The summed E-state index contributed by atoms with van der Waals surface area (Å²) in [6.07, 6.45) is 5.72. The molecule has 0 atom stereocenters. The van der Waals surface area contributed by atoms with Crippen LogP contribution in [0.5, 0.6) is 0 Å². The number of carbonyl (C=O) groups excluding carboxylic acids is 1. The van der Waals surface area contributed by atoms with Crippen molar-refractivity contribution in [2.75, 3.05) is 6.54 Å². The lowest BCUT2D eigenvalue weighted by Gasteiger charge is -2.35. The van der Waals surface area contributed by atoms with Gasteiger partial charge in [-0.25, -0.2) is 4.79 Å². The van der Waals surface area contributed by atoms with Gasteiger partial charge in [0.2, 0.25) is 0 Å². The number of rotatable bonds is 3. The first-order valence-corrected chi connectivity index (χ1v) is 6.71. The topological polar surface area (TPSA) is 62.1 Å². The summed E-state index contributed by atoms with van der Waals surface area (Å²) in [6.45, 7) is 6.09. The van der Waals surface area contributed by atoms with E-state index in [2.05, 4.69) is 11.4 Å². The van der Waals surface area contributed by atoms with Crippen molar-refractivity contribution in [1.29, 1.82) is 5.26 Å². The Kier molecular flexibility index (Phi) is 5.01. The van der Waals surface area contributed by atoms with E-state index >= 15 is 0 Å². The molecule has 0 aliphatic heterocycles. The van der Waals surface area contributed by atoms with Crippen LogP contribution in [-0.4, -0.2) is 18.2 Å². The van der Waals surface area contributed by atoms with Crippen LogP contribution in [-0.2, 0) is 4.74 Å². The summed E-state index contributed by atoms with van der Waals surface area (Å²) in [6, 6.07) is 2.26. The summed E-state index contributed by atoms with van der Waals surface area (Å²) < 4.78 is 5.22. The smallest absolute Gasteiger partial charge is 0.407 e. The summed E-state index contributed by atoms with van der Waals surface area (Å²) in [4.78, 5) is 11.6. The third kappa shape index (κ3) is 4.95. The molecule has 0 heterocycles. The van der Waals surface area contributed by atoms with Gasteiger partial charge in [-0.2, -0.15) is 5.26 Å². The van der Waals surface area contributed by atoms with Crippen LogP contribution >= 0.6 is 0 Å². The van der Waals surface area contributed by atoms with Gasteiger partial charge in [0, 0.05) is 18.4 Å². The van der Waals surface area contributed by atoms with Crippen LogP contribution in [0, 0.1) is 16.7 Å². The molecule has 18 heavy (non-hydrogen) atoms. The Labute approximate surface area is 110 Å². The lowest BCUT2D eigenvalue weighted by Crippen LogP contribution is -2.41. The van der Waals surface area contributed by atoms with Crippen molar-refractivity contribution in [2.24, 2.45) is 5.41 Å². The molecule has 1 rings (SSSR count). The minimum absolute atomic E-state index is 0.0378. The fourth-order valence-corrected chi connectivity index (χ4v) is 2.46. The SMILES string of the molecule is CC(C)(C)OC(=O)NCC1(CC#N)CCCCC1. The Bertz CT molecular complexity index is 320. The first kappa shape index (κ1) is 14.8. The summed E-state index contributed by atoms with van der Waals surface area (Å²) in [5.74, 6) is 0. The number of carbonyl (C=O) groups is 1. The number of nitrogens with zero attached hydrogens (tertiary/aromatic N) is 1. The second kappa shape index (κ2) is 6.08. The average Bonchev–Trinajstić information content (AvgIpc) is 2.26. The van der Waals surface area contributed by atoms with Crippen LogP contribution in [0.1, 0.15) is 59.3 Å². The number of hydrogen-bond donors (Lipinski definition) is 1. The minimum atomic E-state index is -0.473. The Hall–Kier alpha value is -1.24. The summed E-state index contributed by atoms with van der Waals surface area (Å²) in [7, 11) is 0. The first-order valence-electron chi connectivity index (χ1n) is 6.71. The number of alkyl carbamates (subject to hydrolysis) is 1. The van der Waals surface area contributed by atoms with Crippen LogP contribution in [0.25, 0.3) is 0 Å². The van der Waals surface area contributed by atoms with Crippen LogP contribution in [0.15, 0.2) is 0 Å². The zero-order chi connectivity index (χ0) is 13.6. The van der Waals surface area contributed by atoms with E-state index in [0.717, 1.165) is 25.7 Å². The van der Waals surface area contributed by atoms with E-state index < -0.39 is 5.60 Å². The van der Waals surface area contributed by atoms with Crippen LogP contribution in [0.4, 0.5) is 4.79 Å². The molecule has 4 nitrogen and oxygen atoms in total. The average molecular weight is 252 g/mol. The Morgan fingerprint density at radius 3 is 2.44 bits per heavy atom. The number of ether oxygens (including phenoxy) is 1. The normalized spacial score (nSPS) is 18.8. The van der Waals surface area contributed by atoms with Gasteiger partial charge in [-0.1, -0.05) is 19.3 Å². The third-order valence-electron chi connectivity index (χ3n) is 3.37. The second-order valence-corrected chi connectivity index (χ2v) is 6.25. The van der Waals surface area contributed by atoms with Crippen LogP contribution < -0.4 is 5.32 Å². The fourth-order valence-electron chi connectivity index (χ4n) is 2.46. The monoisotopic (exact) mass is 252 g/mol. The maximum atomic E-state index is 11.6. The zero-order valence-corrected chi connectivity index (χ0v) is 11.7. The van der Waals surface area contributed by atoms with Crippen LogP contribution in [0.3, 0.4) is 0 Å². The predicted octanol–water partition coefficient (Wildman–Crippen LogP) is 3.38. The highest BCUT2D eigenvalue weighted by molar-refractivity contribution is 5.67. The summed E-state index contributed by atoms with van der Waals surface area (Å²) in [5, 5.41) is 11.8. The van der Waals surface area contributed by atoms with Gasteiger partial charge in [0.1, 0.15) is 5.60 Å². The first-order chi connectivity index (χ1) is 8.37. The number of nitrogens with one attached hydrogen (secondary N) is 1. The molecule has 4 heteroatoms. The highest BCUT2D eigenvalue weighted by Gasteiger charge is 2.32. The molecule has 0 aromatic rings. The molecule has 1 N–H and O–H groups in total. The van der Waals surface area contributed by atoms with E-state index in [-0.39, 0.29) is 11.5 Å². The van der Waals surface area contributed by atoms with Gasteiger partial charge >= 0.3 is 6.09 Å². The van der Waals surface area contributed by atoms with Gasteiger partial charge in [-0.05, 0) is 33.6 Å². The van der Waals surface area contributed by atoms with Crippen molar-refractivity contribution >= 4 is 6.09 Å². The molecular formula is C14H24N2O2.